The van der Waals surface area contributed by atoms with Crippen LogP contribution in [0.15, 0.2) is 24.3 Å². The second-order valence-electron chi connectivity index (χ2n) is 6.14. The SMILES string of the molecule is CC(=O)NCC1CCN(C(=O)[C@@H](N)Cc2ccc(F)cc2)CC1. The molecule has 1 heterocycles. The molecule has 6 heteroatoms. The van der Waals surface area contributed by atoms with E-state index in [4.69, 9.17) is 5.73 Å². The lowest BCUT2D eigenvalue weighted by atomic mass is 9.95. The van der Waals surface area contributed by atoms with Crippen molar-refractivity contribution in [1.29, 1.82) is 0 Å². The molecule has 1 atom stereocenters. The molecule has 23 heavy (non-hydrogen) atoms. The molecule has 0 radical (unpaired) electrons. The first-order valence-electron chi connectivity index (χ1n) is 7.99. The summed E-state index contributed by atoms with van der Waals surface area (Å²) in [5, 5.41) is 2.82. The molecule has 1 fully saturated rings. The number of benzene rings is 1. The van der Waals surface area contributed by atoms with E-state index in [0.717, 1.165) is 18.4 Å². The first kappa shape index (κ1) is 17.4. The number of carbonyl (C=O) groups is 2. The van der Waals surface area contributed by atoms with Crippen molar-refractivity contribution in [2.75, 3.05) is 19.6 Å². The molecule has 1 saturated heterocycles. The predicted molar refractivity (Wildman–Crippen MR) is 86.1 cm³/mol. The minimum Gasteiger partial charge on any atom is -0.356 e. The van der Waals surface area contributed by atoms with Gasteiger partial charge in [0.1, 0.15) is 5.82 Å². The zero-order valence-electron chi connectivity index (χ0n) is 13.4. The minimum absolute atomic E-state index is 0.0233. The van der Waals surface area contributed by atoms with Gasteiger partial charge in [0.15, 0.2) is 0 Å². The Labute approximate surface area is 136 Å². The highest BCUT2D eigenvalue weighted by Gasteiger charge is 2.26. The van der Waals surface area contributed by atoms with Crippen LogP contribution in [0.1, 0.15) is 25.3 Å². The van der Waals surface area contributed by atoms with Gasteiger partial charge in [-0.15, -0.1) is 0 Å². The van der Waals surface area contributed by atoms with Gasteiger partial charge < -0.3 is 16.0 Å². The summed E-state index contributed by atoms with van der Waals surface area (Å²) >= 11 is 0. The predicted octanol–water partition coefficient (Wildman–Crippen LogP) is 1.07. The molecule has 1 aliphatic heterocycles. The van der Waals surface area contributed by atoms with Gasteiger partial charge in [0, 0.05) is 26.6 Å². The Morgan fingerprint density at radius 2 is 1.91 bits per heavy atom. The van der Waals surface area contributed by atoms with E-state index in [0.29, 0.717) is 32.0 Å². The van der Waals surface area contributed by atoms with Crippen LogP contribution in [0.25, 0.3) is 0 Å². The van der Waals surface area contributed by atoms with Gasteiger partial charge in [-0.1, -0.05) is 12.1 Å². The van der Waals surface area contributed by atoms with E-state index < -0.39 is 6.04 Å². The van der Waals surface area contributed by atoms with Gasteiger partial charge in [0.25, 0.3) is 0 Å². The van der Waals surface area contributed by atoms with E-state index in [9.17, 15) is 14.0 Å². The van der Waals surface area contributed by atoms with Gasteiger partial charge in [0.05, 0.1) is 6.04 Å². The molecular weight excluding hydrogens is 297 g/mol. The number of likely N-dealkylation sites (tertiary alicyclic amines) is 1. The number of nitrogens with zero attached hydrogens (tertiary/aromatic N) is 1. The van der Waals surface area contributed by atoms with Crippen LogP contribution >= 0.6 is 0 Å². The second-order valence-corrected chi connectivity index (χ2v) is 6.14. The van der Waals surface area contributed by atoms with Crippen LogP contribution in [0.4, 0.5) is 4.39 Å². The monoisotopic (exact) mass is 321 g/mol. The number of halogens is 1. The third-order valence-electron chi connectivity index (χ3n) is 4.25. The molecule has 1 aliphatic rings. The maximum absolute atomic E-state index is 12.9. The molecule has 0 spiro atoms. The molecule has 2 amide bonds. The average Bonchev–Trinajstić information content (AvgIpc) is 2.55. The van der Waals surface area contributed by atoms with E-state index in [-0.39, 0.29) is 17.6 Å². The van der Waals surface area contributed by atoms with Crippen LogP contribution in [0.3, 0.4) is 0 Å². The van der Waals surface area contributed by atoms with Crippen molar-refractivity contribution >= 4 is 11.8 Å². The summed E-state index contributed by atoms with van der Waals surface area (Å²) in [6, 6.07) is 5.46. The number of rotatable bonds is 5. The fourth-order valence-electron chi connectivity index (χ4n) is 2.84. The summed E-state index contributed by atoms with van der Waals surface area (Å²) in [5.41, 5.74) is 6.86. The van der Waals surface area contributed by atoms with Crippen molar-refractivity contribution in [3.63, 3.8) is 0 Å². The maximum atomic E-state index is 12.9. The molecule has 5 nitrogen and oxygen atoms in total. The van der Waals surface area contributed by atoms with E-state index in [1.54, 1.807) is 17.0 Å². The second kappa shape index (κ2) is 8.06. The van der Waals surface area contributed by atoms with Crippen LogP contribution in [0, 0.1) is 11.7 Å². The normalized spacial score (nSPS) is 16.9. The lowest BCUT2D eigenvalue weighted by molar-refractivity contribution is -0.134. The first-order chi connectivity index (χ1) is 11.0. The van der Waals surface area contributed by atoms with Crippen molar-refractivity contribution in [3.8, 4) is 0 Å². The molecular formula is C17H24FN3O2. The number of amides is 2. The number of hydrogen-bond donors (Lipinski definition) is 2. The van der Waals surface area contributed by atoms with Crippen LogP contribution < -0.4 is 11.1 Å². The van der Waals surface area contributed by atoms with Crippen LogP contribution in [0.2, 0.25) is 0 Å². The van der Waals surface area contributed by atoms with Crippen molar-refractivity contribution in [3.05, 3.63) is 35.6 Å². The van der Waals surface area contributed by atoms with Gasteiger partial charge in [-0.2, -0.15) is 0 Å². The van der Waals surface area contributed by atoms with E-state index in [1.165, 1.54) is 19.1 Å². The Bertz CT molecular complexity index is 539. The standard InChI is InChI=1S/C17H24FN3O2/c1-12(22)20-11-14-6-8-21(9-7-14)17(23)16(19)10-13-2-4-15(18)5-3-13/h2-5,14,16H,6-11,19H2,1H3,(H,20,22)/t16-/m0/s1. The lowest BCUT2D eigenvalue weighted by Gasteiger charge is -2.33. The molecule has 1 aromatic rings. The zero-order chi connectivity index (χ0) is 16.8. The molecule has 2 rings (SSSR count). The summed E-state index contributed by atoms with van der Waals surface area (Å²) in [4.78, 5) is 25.1. The number of hydrogen-bond acceptors (Lipinski definition) is 3. The summed E-state index contributed by atoms with van der Waals surface area (Å²) in [6.07, 6.45) is 2.15. The molecule has 0 unspecified atom stereocenters. The van der Waals surface area contributed by atoms with Gasteiger partial charge in [-0.05, 0) is 42.9 Å². The summed E-state index contributed by atoms with van der Waals surface area (Å²) in [6.45, 7) is 3.51. The number of carbonyl (C=O) groups excluding carboxylic acids is 2. The smallest absolute Gasteiger partial charge is 0.239 e. The molecule has 0 aromatic heterocycles. The summed E-state index contributed by atoms with van der Waals surface area (Å²) < 4.78 is 12.9. The minimum atomic E-state index is -0.604. The Kier molecular flexibility index (Phi) is 6.10. The van der Waals surface area contributed by atoms with Crippen molar-refractivity contribution in [2.24, 2.45) is 11.7 Å². The van der Waals surface area contributed by atoms with Crippen LogP contribution in [0.5, 0.6) is 0 Å². The quantitative estimate of drug-likeness (QED) is 0.852. The highest BCUT2D eigenvalue weighted by molar-refractivity contribution is 5.82. The van der Waals surface area contributed by atoms with E-state index in [1.807, 2.05) is 0 Å². The van der Waals surface area contributed by atoms with Gasteiger partial charge >= 0.3 is 0 Å². The Balaban J connectivity index is 1.79. The first-order valence-corrected chi connectivity index (χ1v) is 7.99. The highest BCUT2D eigenvalue weighted by atomic mass is 19.1. The topological polar surface area (TPSA) is 75.4 Å². The summed E-state index contributed by atoms with van der Waals surface area (Å²) in [7, 11) is 0. The van der Waals surface area contributed by atoms with E-state index >= 15 is 0 Å². The Morgan fingerprint density at radius 3 is 2.48 bits per heavy atom. The number of nitrogens with two attached hydrogens (primary N) is 1. The van der Waals surface area contributed by atoms with Gasteiger partial charge in [-0.25, -0.2) is 4.39 Å². The van der Waals surface area contributed by atoms with Crippen molar-refractivity contribution < 1.29 is 14.0 Å². The Hall–Kier alpha value is -1.95. The van der Waals surface area contributed by atoms with Gasteiger partial charge in [-0.3, -0.25) is 9.59 Å². The lowest BCUT2D eigenvalue weighted by Crippen LogP contribution is -2.48. The Morgan fingerprint density at radius 1 is 1.30 bits per heavy atom. The largest absolute Gasteiger partial charge is 0.356 e. The third-order valence-corrected chi connectivity index (χ3v) is 4.25. The molecule has 126 valence electrons. The van der Waals surface area contributed by atoms with Gasteiger partial charge in [0.2, 0.25) is 11.8 Å². The van der Waals surface area contributed by atoms with Crippen LogP contribution in [-0.2, 0) is 16.0 Å². The van der Waals surface area contributed by atoms with Crippen molar-refractivity contribution in [2.45, 2.75) is 32.2 Å². The fourth-order valence-corrected chi connectivity index (χ4v) is 2.84. The molecule has 3 N–H and O–H groups in total. The fraction of sp³-hybridized carbons (Fsp3) is 0.529. The van der Waals surface area contributed by atoms with E-state index in [2.05, 4.69) is 5.32 Å². The average molecular weight is 321 g/mol. The molecule has 0 saturated carbocycles. The number of piperidine rings is 1. The van der Waals surface area contributed by atoms with Crippen molar-refractivity contribution in [1.82, 2.24) is 10.2 Å². The number of nitrogens with one attached hydrogen (secondary N) is 1. The zero-order valence-corrected chi connectivity index (χ0v) is 13.4. The maximum Gasteiger partial charge on any atom is 0.239 e. The third kappa shape index (κ3) is 5.32. The highest BCUT2D eigenvalue weighted by Crippen LogP contribution is 2.17. The molecule has 1 aromatic carbocycles. The molecule has 0 aliphatic carbocycles. The van der Waals surface area contributed by atoms with Crippen LogP contribution in [-0.4, -0.2) is 42.4 Å². The summed E-state index contributed by atoms with van der Waals surface area (Å²) in [5.74, 6) is 0.0308. The molecule has 0 bridgehead atoms.